The zero-order valence-electron chi connectivity index (χ0n) is 15.3. The summed E-state index contributed by atoms with van der Waals surface area (Å²) in [6, 6.07) is 7.85. The summed E-state index contributed by atoms with van der Waals surface area (Å²) in [5, 5.41) is 5.03. The van der Waals surface area contributed by atoms with E-state index in [0.717, 1.165) is 19.3 Å². The predicted molar refractivity (Wildman–Crippen MR) is 103 cm³/mol. The minimum absolute atomic E-state index is 0.0988. The van der Waals surface area contributed by atoms with Gasteiger partial charge in [-0.25, -0.2) is 4.79 Å². The van der Waals surface area contributed by atoms with Gasteiger partial charge < -0.3 is 24.4 Å². The van der Waals surface area contributed by atoms with Crippen molar-refractivity contribution in [1.29, 1.82) is 0 Å². The first-order valence-corrected chi connectivity index (χ1v) is 9.44. The van der Waals surface area contributed by atoms with E-state index in [0.29, 0.717) is 35.5 Å². The van der Waals surface area contributed by atoms with Crippen LogP contribution in [0.25, 0.3) is 0 Å². The van der Waals surface area contributed by atoms with Crippen LogP contribution < -0.4 is 19.5 Å². The zero-order chi connectivity index (χ0) is 18.5. The monoisotopic (exact) mass is 376 g/mol. The average molecular weight is 376 g/mol. The highest BCUT2D eigenvalue weighted by molar-refractivity contribution is 7.09. The van der Waals surface area contributed by atoms with Crippen LogP contribution in [0.3, 0.4) is 0 Å². The van der Waals surface area contributed by atoms with E-state index in [1.807, 2.05) is 11.0 Å². The molecule has 1 aliphatic rings. The van der Waals surface area contributed by atoms with Gasteiger partial charge in [0.15, 0.2) is 11.5 Å². The van der Waals surface area contributed by atoms with Crippen LogP contribution in [0.5, 0.6) is 17.2 Å². The zero-order valence-corrected chi connectivity index (χ0v) is 16.1. The smallest absolute Gasteiger partial charge is 0.322 e. The molecule has 0 saturated heterocycles. The molecule has 1 aromatic heterocycles. The number of hydrogen-bond acceptors (Lipinski definition) is 5. The second-order valence-electron chi connectivity index (χ2n) is 6.10. The fourth-order valence-electron chi connectivity index (χ4n) is 2.87. The first-order valence-electron chi connectivity index (χ1n) is 8.56. The van der Waals surface area contributed by atoms with Crippen molar-refractivity contribution in [2.24, 2.45) is 0 Å². The van der Waals surface area contributed by atoms with Gasteiger partial charge in [0.05, 0.1) is 27.0 Å². The third kappa shape index (κ3) is 4.22. The molecule has 0 spiro atoms. The van der Waals surface area contributed by atoms with Gasteiger partial charge in [0, 0.05) is 29.6 Å². The summed E-state index contributed by atoms with van der Waals surface area (Å²) >= 11 is 1.72. The maximum atomic E-state index is 12.8. The maximum absolute atomic E-state index is 12.8. The Bertz CT molecular complexity index is 719. The Kier molecular flexibility index (Phi) is 5.88. The van der Waals surface area contributed by atoms with E-state index in [1.165, 1.54) is 4.88 Å². The molecule has 140 valence electrons. The molecule has 6 nitrogen and oxygen atoms in total. The van der Waals surface area contributed by atoms with Gasteiger partial charge in [-0.15, -0.1) is 11.3 Å². The van der Waals surface area contributed by atoms with Gasteiger partial charge in [0.2, 0.25) is 5.75 Å². The van der Waals surface area contributed by atoms with Crippen LogP contribution in [0.4, 0.5) is 10.5 Å². The third-order valence-corrected chi connectivity index (χ3v) is 5.28. The normalized spacial score (nSPS) is 13.2. The Morgan fingerprint density at radius 2 is 1.88 bits per heavy atom. The van der Waals surface area contributed by atoms with Crippen LogP contribution in [0, 0.1) is 0 Å². The molecule has 1 aliphatic carbocycles. The number of hydrogen-bond donors (Lipinski definition) is 1. The number of benzene rings is 1. The minimum Gasteiger partial charge on any atom is -0.493 e. The Morgan fingerprint density at radius 1 is 1.19 bits per heavy atom. The van der Waals surface area contributed by atoms with Crippen molar-refractivity contribution in [1.82, 2.24) is 4.90 Å². The highest BCUT2D eigenvalue weighted by Crippen LogP contribution is 2.40. The lowest BCUT2D eigenvalue weighted by Gasteiger charge is -2.23. The molecular weight excluding hydrogens is 352 g/mol. The van der Waals surface area contributed by atoms with E-state index in [1.54, 1.807) is 44.8 Å². The molecule has 1 aromatic carbocycles. The van der Waals surface area contributed by atoms with Crippen LogP contribution in [-0.2, 0) is 6.42 Å². The number of rotatable bonds is 8. The molecule has 1 fully saturated rings. The van der Waals surface area contributed by atoms with Gasteiger partial charge >= 0.3 is 6.03 Å². The van der Waals surface area contributed by atoms with Crippen molar-refractivity contribution in [3.8, 4) is 17.2 Å². The Hall–Kier alpha value is -2.41. The highest BCUT2D eigenvalue weighted by Gasteiger charge is 2.32. The van der Waals surface area contributed by atoms with Crippen molar-refractivity contribution in [2.45, 2.75) is 25.3 Å². The lowest BCUT2D eigenvalue weighted by atomic mass is 10.2. The summed E-state index contributed by atoms with van der Waals surface area (Å²) < 4.78 is 16.0. The van der Waals surface area contributed by atoms with E-state index in [4.69, 9.17) is 14.2 Å². The van der Waals surface area contributed by atoms with Gasteiger partial charge in [-0.3, -0.25) is 0 Å². The number of nitrogens with one attached hydrogen (secondary N) is 1. The van der Waals surface area contributed by atoms with Crippen molar-refractivity contribution in [3.05, 3.63) is 34.5 Å². The molecular formula is C19H24N2O4S. The molecule has 0 atom stereocenters. The first kappa shape index (κ1) is 18.4. The molecule has 1 N–H and O–H groups in total. The quantitative estimate of drug-likeness (QED) is 0.756. The van der Waals surface area contributed by atoms with Crippen LogP contribution in [0.2, 0.25) is 0 Å². The third-order valence-electron chi connectivity index (χ3n) is 4.34. The summed E-state index contributed by atoms with van der Waals surface area (Å²) in [5.41, 5.74) is 0.617. The fourth-order valence-corrected chi connectivity index (χ4v) is 3.57. The minimum atomic E-state index is -0.0988. The molecule has 0 radical (unpaired) electrons. The lowest BCUT2D eigenvalue weighted by molar-refractivity contribution is 0.209. The van der Waals surface area contributed by atoms with Gasteiger partial charge in [0.25, 0.3) is 0 Å². The number of methoxy groups -OCH3 is 3. The number of nitrogens with zero attached hydrogens (tertiary/aromatic N) is 1. The molecule has 0 unspecified atom stereocenters. The predicted octanol–water partition coefficient (Wildman–Crippen LogP) is 4.01. The van der Waals surface area contributed by atoms with Crippen molar-refractivity contribution in [3.63, 3.8) is 0 Å². The summed E-state index contributed by atoms with van der Waals surface area (Å²) in [7, 11) is 4.67. The van der Waals surface area contributed by atoms with Gasteiger partial charge in [-0.1, -0.05) is 6.07 Å². The second kappa shape index (κ2) is 8.31. The molecule has 2 amide bonds. The van der Waals surface area contributed by atoms with Crippen LogP contribution in [-0.4, -0.2) is 44.8 Å². The molecule has 0 aliphatic heterocycles. The van der Waals surface area contributed by atoms with E-state index < -0.39 is 0 Å². The van der Waals surface area contributed by atoms with Crippen molar-refractivity contribution < 1.29 is 19.0 Å². The Morgan fingerprint density at radius 3 is 2.38 bits per heavy atom. The number of thiophene rings is 1. The number of anilines is 1. The van der Waals surface area contributed by atoms with Gasteiger partial charge in [0.1, 0.15) is 0 Å². The van der Waals surface area contributed by atoms with Gasteiger partial charge in [-0.2, -0.15) is 0 Å². The molecule has 1 heterocycles. The number of carbonyl (C=O) groups excluding carboxylic acids is 1. The molecule has 7 heteroatoms. The molecule has 2 aromatic rings. The number of carbonyl (C=O) groups is 1. The van der Waals surface area contributed by atoms with E-state index in [2.05, 4.69) is 16.8 Å². The van der Waals surface area contributed by atoms with Crippen LogP contribution >= 0.6 is 11.3 Å². The highest BCUT2D eigenvalue weighted by atomic mass is 32.1. The maximum Gasteiger partial charge on any atom is 0.322 e. The summed E-state index contributed by atoms with van der Waals surface area (Å²) in [6.07, 6.45) is 3.00. The number of ether oxygens (including phenoxy) is 3. The summed E-state index contributed by atoms with van der Waals surface area (Å²) in [4.78, 5) is 16.0. The second-order valence-corrected chi connectivity index (χ2v) is 7.13. The van der Waals surface area contributed by atoms with Crippen molar-refractivity contribution >= 4 is 23.1 Å². The van der Waals surface area contributed by atoms with Crippen LogP contribution in [0.15, 0.2) is 29.6 Å². The molecule has 3 rings (SSSR count). The van der Waals surface area contributed by atoms with E-state index >= 15 is 0 Å². The van der Waals surface area contributed by atoms with E-state index in [9.17, 15) is 4.79 Å². The standard InChI is InChI=1S/C19H24N2O4S/c1-23-16-11-13(12-17(24-2)18(16)25-3)20-19(22)21(14-6-7-14)9-8-15-5-4-10-26-15/h4-5,10-12,14H,6-9H2,1-3H3,(H,20,22). The Labute approximate surface area is 157 Å². The molecule has 0 bridgehead atoms. The van der Waals surface area contributed by atoms with Gasteiger partial charge in [-0.05, 0) is 30.7 Å². The summed E-state index contributed by atoms with van der Waals surface area (Å²) in [6.45, 7) is 0.710. The molecule has 1 saturated carbocycles. The number of urea groups is 1. The average Bonchev–Trinajstić information content (AvgIpc) is 3.35. The SMILES string of the molecule is COc1cc(NC(=O)N(CCc2cccs2)C2CC2)cc(OC)c1OC. The largest absolute Gasteiger partial charge is 0.493 e. The van der Waals surface area contributed by atoms with Crippen LogP contribution in [0.1, 0.15) is 17.7 Å². The Balaban J connectivity index is 1.72. The lowest BCUT2D eigenvalue weighted by Crippen LogP contribution is -2.38. The first-order chi connectivity index (χ1) is 12.7. The van der Waals surface area contributed by atoms with E-state index in [-0.39, 0.29) is 6.03 Å². The summed E-state index contributed by atoms with van der Waals surface area (Å²) in [5.74, 6) is 1.53. The fraction of sp³-hybridized carbons (Fsp3) is 0.421. The van der Waals surface area contributed by atoms with Crippen molar-refractivity contribution in [2.75, 3.05) is 33.2 Å². The number of amides is 2. The molecule has 26 heavy (non-hydrogen) atoms. The topological polar surface area (TPSA) is 60.0 Å².